The van der Waals surface area contributed by atoms with Crippen molar-refractivity contribution in [2.24, 2.45) is 17.6 Å². The molecule has 2 aliphatic rings. The first kappa shape index (κ1) is 16.7. The topological polar surface area (TPSA) is 67.6 Å². The number of nitrogens with zero attached hydrogens (tertiary/aromatic N) is 1. The first-order valence-corrected chi connectivity index (χ1v) is 8.46. The van der Waals surface area contributed by atoms with Crippen molar-refractivity contribution in [2.45, 2.75) is 51.6 Å². The van der Waals surface area contributed by atoms with Crippen molar-refractivity contribution in [3.63, 3.8) is 0 Å². The standard InChI is InChI=1S/C16H31N3O2/c1-3-12(2)15(17)16(20)18-14-4-7-19(8-5-14)10-13-6-9-21-11-13/h12-15H,3-11,17H2,1-2H3,(H,18,20). The first-order valence-electron chi connectivity index (χ1n) is 8.46. The highest BCUT2D eigenvalue weighted by molar-refractivity contribution is 5.82. The molecule has 1 amide bonds. The SMILES string of the molecule is CCC(C)C(N)C(=O)NC1CCN(CC2CCOC2)CC1. The van der Waals surface area contributed by atoms with E-state index in [-0.39, 0.29) is 17.9 Å². The molecule has 2 aliphatic heterocycles. The molecule has 0 aromatic heterocycles. The highest BCUT2D eigenvalue weighted by Gasteiger charge is 2.26. The highest BCUT2D eigenvalue weighted by Crippen LogP contribution is 2.18. The van der Waals surface area contributed by atoms with Gasteiger partial charge in [-0.15, -0.1) is 0 Å². The van der Waals surface area contributed by atoms with Crippen LogP contribution < -0.4 is 11.1 Å². The fraction of sp³-hybridized carbons (Fsp3) is 0.938. The third-order valence-electron chi connectivity index (χ3n) is 5.03. The molecule has 0 bridgehead atoms. The van der Waals surface area contributed by atoms with E-state index < -0.39 is 0 Å². The molecule has 21 heavy (non-hydrogen) atoms. The lowest BCUT2D eigenvalue weighted by molar-refractivity contribution is -0.124. The van der Waals surface area contributed by atoms with Gasteiger partial charge in [0.1, 0.15) is 0 Å². The zero-order valence-electron chi connectivity index (χ0n) is 13.5. The summed E-state index contributed by atoms with van der Waals surface area (Å²) < 4.78 is 5.43. The Morgan fingerprint density at radius 2 is 2.10 bits per heavy atom. The fourth-order valence-electron chi connectivity index (χ4n) is 3.16. The molecule has 3 N–H and O–H groups in total. The van der Waals surface area contributed by atoms with E-state index in [1.165, 1.54) is 6.42 Å². The Morgan fingerprint density at radius 3 is 2.67 bits per heavy atom. The summed E-state index contributed by atoms with van der Waals surface area (Å²) in [6.07, 6.45) is 4.20. The van der Waals surface area contributed by atoms with Crippen LogP contribution in [0.25, 0.3) is 0 Å². The Hall–Kier alpha value is -0.650. The van der Waals surface area contributed by atoms with Crippen LogP contribution in [0, 0.1) is 11.8 Å². The summed E-state index contributed by atoms with van der Waals surface area (Å²) in [5.74, 6) is 0.967. The monoisotopic (exact) mass is 297 g/mol. The smallest absolute Gasteiger partial charge is 0.237 e. The lowest BCUT2D eigenvalue weighted by atomic mass is 9.97. The van der Waals surface area contributed by atoms with E-state index in [2.05, 4.69) is 17.1 Å². The number of amides is 1. The van der Waals surface area contributed by atoms with Gasteiger partial charge in [0.15, 0.2) is 0 Å². The Morgan fingerprint density at radius 1 is 1.38 bits per heavy atom. The normalized spacial score (nSPS) is 27.5. The molecule has 2 saturated heterocycles. The van der Waals surface area contributed by atoms with Crippen molar-refractivity contribution in [2.75, 3.05) is 32.8 Å². The van der Waals surface area contributed by atoms with Gasteiger partial charge in [-0.25, -0.2) is 0 Å². The number of ether oxygens (including phenoxy) is 1. The maximum absolute atomic E-state index is 12.1. The van der Waals surface area contributed by atoms with Crippen LogP contribution in [0.4, 0.5) is 0 Å². The maximum Gasteiger partial charge on any atom is 0.237 e. The molecule has 0 saturated carbocycles. The number of rotatable bonds is 6. The summed E-state index contributed by atoms with van der Waals surface area (Å²) in [4.78, 5) is 14.6. The second-order valence-electron chi connectivity index (χ2n) is 6.72. The molecular formula is C16H31N3O2. The third kappa shape index (κ3) is 4.94. The lowest BCUT2D eigenvalue weighted by Gasteiger charge is -2.34. The Bertz CT molecular complexity index is 323. The van der Waals surface area contributed by atoms with Crippen LogP contribution in [0.2, 0.25) is 0 Å². The van der Waals surface area contributed by atoms with Gasteiger partial charge in [0.05, 0.1) is 12.6 Å². The molecule has 3 unspecified atom stereocenters. The number of hydrogen-bond acceptors (Lipinski definition) is 4. The number of hydrogen-bond donors (Lipinski definition) is 2. The van der Waals surface area contributed by atoms with E-state index in [0.29, 0.717) is 12.0 Å². The first-order chi connectivity index (χ1) is 10.1. The van der Waals surface area contributed by atoms with E-state index in [9.17, 15) is 4.79 Å². The van der Waals surface area contributed by atoms with Gasteiger partial charge in [-0.1, -0.05) is 20.3 Å². The lowest BCUT2D eigenvalue weighted by Crippen LogP contribution is -2.51. The minimum Gasteiger partial charge on any atom is -0.381 e. The summed E-state index contributed by atoms with van der Waals surface area (Å²) in [7, 11) is 0. The van der Waals surface area contributed by atoms with E-state index in [1.807, 2.05) is 6.92 Å². The van der Waals surface area contributed by atoms with Crippen LogP contribution in [0.1, 0.15) is 39.5 Å². The molecule has 5 heteroatoms. The highest BCUT2D eigenvalue weighted by atomic mass is 16.5. The van der Waals surface area contributed by atoms with Crippen LogP contribution >= 0.6 is 0 Å². The largest absolute Gasteiger partial charge is 0.381 e. The predicted octanol–water partition coefficient (Wildman–Crippen LogP) is 0.977. The zero-order chi connectivity index (χ0) is 15.2. The molecule has 2 heterocycles. The Balaban J connectivity index is 1.67. The second kappa shape index (κ2) is 8.11. The minimum atomic E-state index is -0.372. The molecule has 2 fully saturated rings. The second-order valence-corrected chi connectivity index (χ2v) is 6.72. The molecule has 0 aliphatic carbocycles. The van der Waals surface area contributed by atoms with E-state index >= 15 is 0 Å². The van der Waals surface area contributed by atoms with Crippen molar-refractivity contribution in [1.29, 1.82) is 0 Å². The molecule has 5 nitrogen and oxygen atoms in total. The van der Waals surface area contributed by atoms with Crippen molar-refractivity contribution in [3.05, 3.63) is 0 Å². The summed E-state index contributed by atoms with van der Waals surface area (Å²) >= 11 is 0. The molecule has 0 aromatic rings. The molecular weight excluding hydrogens is 266 g/mol. The molecule has 0 radical (unpaired) electrons. The van der Waals surface area contributed by atoms with E-state index in [0.717, 1.165) is 52.1 Å². The van der Waals surface area contributed by atoms with Crippen LogP contribution in [0.15, 0.2) is 0 Å². The van der Waals surface area contributed by atoms with Crippen molar-refractivity contribution in [1.82, 2.24) is 10.2 Å². The number of piperidine rings is 1. The fourth-order valence-corrected chi connectivity index (χ4v) is 3.16. The molecule has 2 rings (SSSR count). The van der Waals surface area contributed by atoms with E-state index in [1.54, 1.807) is 0 Å². The average Bonchev–Trinajstić information content (AvgIpc) is 3.00. The van der Waals surface area contributed by atoms with Crippen molar-refractivity contribution < 1.29 is 9.53 Å². The van der Waals surface area contributed by atoms with Crippen LogP contribution in [-0.4, -0.2) is 55.7 Å². The average molecular weight is 297 g/mol. The minimum absolute atomic E-state index is 0.0204. The van der Waals surface area contributed by atoms with Gasteiger partial charge in [-0.3, -0.25) is 4.79 Å². The summed E-state index contributed by atoms with van der Waals surface area (Å²) in [5, 5.41) is 3.13. The van der Waals surface area contributed by atoms with Gasteiger partial charge >= 0.3 is 0 Å². The Kier molecular flexibility index (Phi) is 6.45. The quantitative estimate of drug-likeness (QED) is 0.767. The number of carbonyl (C=O) groups excluding carboxylic acids is 1. The van der Waals surface area contributed by atoms with Gasteiger partial charge in [0, 0.05) is 32.3 Å². The van der Waals surface area contributed by atoms with Crippen LogP contribution in [0.5, 0.6) is 0 Å². The maximum atomic E-state index is 12.1. The number of nitrogens with two attached hydrogens (primary N) is 1. The van der Waals surface area contributed by atoms with E-state index in [4.69, 9.17) is 10.5 Å². The van der Waals surface area contributed by atoms with Crippen LogP contribution in [0.3, 0.4) is 0 Å². The molecule has 0 aromatic carbocycles. The van der Waals surface area contributed by atoms with Gasteiger partial charge in [0.25, 0.3) is 0 Å². The summed E-state index contributed by atoms with van der Waals surface area (Å²) in [6.45, 7) is 9.23. The van der Waals surface area contributed by atoms with Gasteiger partial charge in [-0.2, -0.15) is 0 Å². The van der Waals surface area contributed by atoms with Crippen molar-refractivity contribution >= 4 is 5.91 Å². The van der Waals surface area contributed by atoms with Crippen LogP contribution in [-0.2, 0) is 9.53 Å². The molecule has 0 spiro atoms. The predicted molar refractivity (Wildman–Crippen MR) is 84.0 cm³/mol. The summed E-state index contributed by atoms with van der Waals surface area (Å²) in [5.41, 5.74) is 5.99. The number of likely N-dealkylation sites (tertiary alicyclic amines) is 1. The summed E-state index contributed by atoms with van der Waals surface area (Å²) in [6, 6.07) is -0.0765. The van der Waals surface area contributed by atoms with Crippen molar-refractivity contribution in [3.8, 4) is 0 Å². The van der Waals surface area contributed by atoms with Gasteiger partial charge < -0.3 is 20.7 Å². The number of carbonyl (C=O) groups is 1. The molecule has 122 valence electrons. The Labute approximate surface area is 128 Å². The van der Waals surface area contributed by atoms with Gasteiger partial charge in [0.2, 0.25) is 5.91 Å². The molecule has 3 atom stereocenters. The third-order valence-corrected chi connectivity index (χ3v) is 5.03. The zero-order valence-corrected chi connectivity index (χ0v) is 13.5. The van der Waals surface area contributed by atoms with Gasteiger partial charge in [-0.05, 0) is 31.1 Å². The number of nitrogens with one attached hydrogen (secondary N) is 1.